The molecule has 4 aromatic rings. The molecule has 1 saturated heterocycles. The smallest absolute Gasteiger partial charge is 0.227 e. The van der Waals surface area contributed by atoms with Gasteiger partial charge in [0.15, 0.2) is 0 Å². The molecule has 5 rings (SSSR count). The van der Waals surface area contributed by atoms with Crippen LogP contribution in [-0.2, 0) is 4.74 Å². The molecule has 0 unspecified atom stereocenters. The maximum atomic E-state index is 9.68. The minimum atomic E-state index is 0.0736. The zero-order valence-corrected chi connectivity index (χ0v) is 18.5. The topological polar surface area (TPSA) is 93.0 Å². The second-order valence-corrected chi connectivity index (χ2v) is 7.96. The van der Waals surface area contributed by atoms with Gasteiger partial charge < -0.3 is 14.8 Å². The van der Waals surface area contributed by atoms with Crippen LogP contribution in [0, 0.1) is 11.3 Å². The number of pyridine rings is 1. The maximum Gasteiger partial charge on any atom is 0.227 e. The number of nitrogens with one attached hydrogen (secondary N) is 1. The number of rotatable bonds is 6. The Morgan fingerprint density at radius 2 is 1.76 bits per heavy atom. The van der Waals surface area contributed by atoms with Gasteiger partial charge in [0, 0.05) is 42.7 Å². The Hall–Kier alpha value is -4.28. The van der Waals surface area contributed by atoms with E-state index in [4.69, 9.17) is 9.47 Å². The first kappa shape index (κ1) is 21.6. The number of aromatic nitrogens is 3. The zero-order chi connectivity index (χ0) is 23.2. The van der Waals surface area contributed by atoms with Crippen LogP contribution in [0.15, 0.2) is 79.3 Å². The van der Waals surface area contributed by atoms with Crippen LogP contribution in [0.5, 0.6) is 5.75 Å². The summed E-state index contributed by atoms with van der Waals surface area (Å²) in [6.07, 6.45) is 6.99. The number of hydrogen-bond acceptors (Lipinski definition) is 7. The monoisotopic (exact) mass is 449 g/mol. The van der Waals surface area contributed by atoms with E-state index in [-0.39, 0.29) is 6.10 Å². The summed E-state index contributed by atoms with van der Waals surface area (Å²) in [7, 11) is 0. The lowest BCUT2D eigenvalue weighted by Crippen LogP contribution is -2.26. The molecule has 1 N–H and O–H groups in total. The molecular formula is C27H23N5O2. The van der Waals surface area contributed by atoms with Gasteiger partial charge in [-0.2, -0.15) is 5.26 Å². The van der Waals surface area contributed by atoms with Gasteiger partial charge in [-0.25, -0.2) is 9.97 Å². The number of anilines is 2. The number of benzene rings is 2. The molecule has 3 heterocycles. The summed E-state index contributed by atoms with van der Waals surface area (Å²) in [4.78, 5) is 13.1. The van der Waals surface area contributed by atoms with Crippen molar-refractivity contribution in [1.82, 2.24) is 15.0 Å². The summed E-state index contributed by atoms with van der Waals surface area (Å²) in [5, 5.41) is 13.0. The lowest BCUT2D eigenvalue weighted by molar-refractivity contribution is 0.0254. The molecule has 2 aromatic carbocycles. The van der Waals surface area contributed by atoms with Gasteiger partial charge in [0.2, 0.25) is 5.95 Å². The van der Waals surface area contributed by atoms with E-state index in [2.05, 4.69) is 26.3 Å². The molecule has 1 aliphatic heterocycles. The molecule has 7 heteroatoms. The molecule has 168 valence electrons. The fourth-order valence-electron chi connectivity index (χ4n) is 3.88. The fraction of sp³-hybridized carbons (Fsp3) is 0.185. The molecule has 0 amide bonds. The number of ether oxygens (including phenoxy) is 2. The van der Waals surface area contributed by atoms with Gasteiger partial charge in [0.05, 0.1) is 24.5 Å². The lowest BCUT2D eigenvalue weighted by Gasteiger charge is -2.23. The van der Waals surface area contributed by atoms with Crippen molar-refractivity contribution in [3.05, 3.63) is 84.8 Å². The Morgan fingerprint density at radius 1 is 0.912 bits per heavy atom. The molecule has 1 fully saturated rings. The molecule has 0 atom stereocenters. The molecule has 0 radical (unpaired) electrons. The van der Waals surface area contributed by atoms with Crippen molar-refractivity contribution in [1.29, 1.82) is 5.26 Å². The van der Waals surface area contributed by atoms with Crippen molar-refractivity contribution in [2.45, 2.75) is 18.9 Å². The van der Waals surface area contributed by atoms with Crippen LogP contribution in [-0.4, -0.2) is 34.3 Å². The van der Waals surface area contributed by atoms with Crippen molar-refractivity contribution < 1.29 is 9.47 Å². The van der Waals surface area contributed by atoms with E-state index in [1.54, 1.807) is 18.6 Å². The molecule has 0 aliphatic carbocycles. The largest absolute Gasteiger partial charge is 0.489 e. The Morgan fingerprint density at radius 3 is 2.59 bits per heavy atom. The normalized spacial score (nSPS) is 13.7. The van der Waals surface area contributed by atoms with Crippen molar-refractivity contribution in [2.75, 3.05) is 18.5 Å². The summed E-state index contributed by atoms with van der Waals surface area (Å²) in [6, 6.07) is 21.6. The summed E-state index contributed by atoms with van der Waals surface area (Å²) in [5.41, 5.74) is 5.07. The quantitative estimate of drug-likeness (QED) is 0.422. The van der Waals surface area contributed by atoms with E-state index in [1.807, 2.05) is 60.7 Å². The van der Waals surface area contributed by atoms with Crippen LogP contribution in [0.4, 0.5) is 11.6 Å². The highest BCUT2D eigenvalue weighted by molar-refractivity contribution is 5.70. The average Bonchev–Trinajstić information content (AvgIpc) is 2.90. The summed E-state index contributed by atoms with van der Waals surface area (Å²) in [5.74, 6) is 1.07. The van der Waals surface area contributed by atoms with Crippen molar-refractivity contribution in [3.63, 3.8) is 0 Å². The van der Waals surface area contributed by atoms with E-state index in [0.29, 0.717) is 30.5 Å². The first-order valence-electron chi connectivity index (χ1n) is 11.2. The summed E-state index contributed by atoms with van der Waals surface area (Å²) >= 11 is 0. The molecule has 2 aromatic heterocycles. The Bertz CT molecular complexity index is 1310. The minimum absolute atomic E-state index is 0.0736. The van der Waals surface area contributed by atoms with Crippen LogP contribution in [0.1, 0.15) is 18.4 Å². The molecule has 0 bridgehead atoms. The predicted octanol–water partition coefficient (Wildman–Crippen LogP) is 5.38. The van der Waals surface area contributed by atoms with Crippen LogP contribution >= 0.6 is 0 Å². The standard InChI is InChI=1S/C27H23N5O2/c28-18-22-16-21(4-5-26(22)34-24-9-14-33-15-10-24)25-8-13-30-27(32-25)31-23-3-1-2-20(17-23)19-6-11-29-12-7-19/h1-8,11-13,16-17,24H,9-10,14-15H2,(H,30,31,32). The lowest BCUT2D eigenvalue weighted by atomic mass is 10.1. The first-order valence-corrected chi connectivity index (χ1v) is 11.2. The number of nitriles is 1. The Balaban J connectivity index is 1.35. The fourth-order valence-corrected chi connectivity index (χ4v) is 3.88. The highest BCUT2D eigenvalue weighted by Gasteiger charge is 2.17. The van der Waals surface area contributed by atoms with Gasteiger partial charge in [-0.15, -0.1) is 0 Å². The molecule has 1 aliphatic rings. The molecule has 7 nitrogen and oxygen atoms in total. The third kappa shape index (κ3) is 5.03. The van der Waals surface area contributed by atoms with Gasteiger partial charge in [0.25, 0.3) is 0 Å². The SMILES string of the molecule is N#Cc1cc(-c2ccnc(Nc3cccc(-c4ccncc4)c3)n2)ccc1OC1CCOCC1. The van der Waals surface area contributed by atoms with Gasteiger partial charge in [-0.1, -0.05) is 12.1 Å². The van der Waals surface area contributed by atoms with E-state index in [9.17, 15) is 5.26 Å². The van der Waals surface area contributed by atoms with Gasteiger partial charge in [-0.3, -0.25) is 4.98 Å². The van der Waals surface area contributed by atoms with Crippen LogP contribution < -0.4 is 10.1 Å². The van der Waals surface area contributed by atoms with E-state index >= 15 is 0 Å². The summed E-state index contributed by atoms with van der Waals surface area (Å²) < 4.78 is 11.5. The van der Waals surface area contributed by atoms with Crippen LogP contribution in [0.25, 0.3) is 22.4 Å². The van der Waals surface area contributed by atoms with Crippen molar-refractivity contribution >= 4 is 11.6 Å². The highest BCUT2D eigenvalue weighted by atomic mass is 16.5. The second kappa shape index (κ2) is 10.1. The third-order valence-electron chi connectivity index (χ3n) is 5.65. The zero-order valence-electron chi connectivity index (χ0n) is 18.5. The maximum absolute atomic E-state index is 9.68. The third-order valence-corrected chi connectivity index (χ3v) is 5.65. The average molecular weight is 450 g/mol. The molecule has 0 spiro atoms. The van der Waals surface area contributed by atoms with E-state index < -0.39 is 0 Å². The number of nitrogens with zero attached hydrogens (tertiary/aromatic N) is 4. The van der Waals surface area contributed by atoms with Gasteiger partial charge >= 0.3 is 0 Å². The van der Waals surface area contributed by atoms with Crippen molar-refractivity contribution in [3.8, 4) is 34.2 Å². The van der Waals surface area contributed by atoms with Crippen molar-refractivity contribution in [2.24, 2.45) is 0 Å². The summed E-state index contributed by atoms with van der Waals surface area (Å²) in [6.45, 7) is 1.37. The predicted molar refractivity (Wildman–Crippen MR) is 130 cm³/mol. The van der Waals surface area contributed by atoms with Crippen LogP contribution in [0.3, 0.4) is 0 Å². The first-order chi connectivity index (χ1) is 16.8. The van der Waals surface area contributed by atoms with E-state index in [1.165, 1.54) is 0 Å². The Labute approximate surface area is 198 Å². The Kier molecular flexibility index (Phi) is 6.41. The molecule has 34 heavy (non-hydrogen) atoms. The van der Waals surface area contributed by atoms with Crippen LogP contribution in [0.2, 0.25) is 0 Å². The molecular weight excluding hydrogens is 426 g/mol. The van der Waals surface area contributed by atoms with E-state index in [0.717, 1.165) is 40.9 Å². The van der Waals surface area contributed by atoms with Gasteiger partial charge in [-0.05, 0) is 59.7 Å². The minimum Gasteiger partial charge on any atom is -0.489 e. The van der Waals surface area contributed by atoms with Gasteiger partial charge in [0.1, 0.15) is 17.9 Å². The second-order valence-electron chi connectivity index (χ2n) is 7.96. The molecule has 0 saturated carbocycles. The highest BCUT2D eigenvalue weighted by Crippen LogP contribution is 2.29. The number of hydrogen-bond donors (Lipinski definition) is 1.